The van der Waals surface area contributed by atoms with Gasteiger partial charge >= 0.3 is 0 Å². The second-order valence-corrected chi connectivity index (χ2v) is 8.45. The van der Waals surface area contributed by atoms with Crippen molar-refractivity contribution < 1.29 is 29.2 Å². The van der Waals surface area contributed by atoms with Crippen LogP contribution in [-0.4, -0.2) is 41.7 Å². The lowest BCUT2D eigenvalue weighted by Crippen LogP contribution is -2.99. The molecule has 2 aromatic carbocycles. The van der Waals surface area contributed by atoms with Crippen molar-refractivity contribution in [1.82, 2.24) is 4.90 Å². The SMILES string of the molecule is COc1ccccc1CN1C(=O)[C@H]2[C@@H](CC(N)=O)[NH2+][C@@]3(C(=O)Nc4ccccc43)[C@H]2C1=O. The van der Waals surface area contributed by atoms with Crippen molar-refractivity contribution in [3.8, 4) is 5.75 Å². The third kappa shape index (κ3) is 2.67. The maximum Gasteiger partial charge on any atom is 0.291 e. The highest BCUT2D eigenvalue weighted by Gasteiger charge is 2.74. The number of carbonyl (C=O) groups excluding carboxylic acids is 4. The zero-order chi connectivity index (χ0) is 22.6. The maximum absolute atomic E-state index is 13.7. The molecule has 5 rings (SSSR count). The van der Waals surface area contributed by atoms with Gasteiger partial charge in [-0.05, 0) is 12.1 Å². The highest BCUT2D eigenvalue weighted by molar-refractivity contribution is 6.14. The summed E-state index contributed by atoms with van der Waals surface area (Å²) in [6.45, 7) is 0.0251. The van der Waals surface area contributed by atoms with Crippen molar-refractivity contribution >= 4 is 29.3 Å². The first kappa shape index (κ1) is 20.2. The van der Waals surface area contributed by atoms with Crippen LogP contribution in [0.1, 0.15) is 17.5 Å². The third-order valence-corrected chi connectivity index (χ3v) is 6.83. The van der Waals surface area contributed by atoms with Crippen molar-refractivity contribution in [2.75, 3.05) is 12.4 Å². The van der Waals surface area contributed by atoms with E-state index in [0.717, 1.165) is 0 Å². The van der Waals surface area contributed by atoms with Crippen LogP contribution in [0.25, 0.3) is 0 Å². The van der Waals surface area contributed by atoms with Gasteiger partial charge in [0.05, 0.1) is 25.8 Å². The number of nitrogens with zero attached hydrogens (tertiary/aromatic N) is 1. The Morgan fingerprint density at radius 2 is 1.84 bits per heavy atom. The predicted octanol–water partition coefficient (Wildman–Crippen LogP) is -0.535. The van der Waals surface area contributed by atoms with Crippen LogP contribution >= 0.6 is 0 Å². The fourth-order valence-electron chi connectivity index (χ4n) is 5.56. The Morgan fingerprint density at radius 3 is 2.59 bits per heavy atom. The number of primary amides is 1. The molecule has 5 N–H and O–H groups in total. The quantitative estimate of drug-likeness (QED) is 0.543. The van der Waals surface area contributed by atoms with Gasteiger partial charge in [0, 0.05) is 11.1 Å². The minimum Gasteiger partial charge on any atom is -0.496 e. The number of hydrogen-bond acceptors (Lipinski definition) is 5. The van der Waals surface area contributed by atoms with Gasteiger partial charge in [-0.25, -0.2) is 0 Å². The second-order valence-electron chi connectivity index (χ2n) is 8.45. The Morgan fingerprint density at radius 1 is 1.12 bits per heavy atom. The summed E-state index contributed by atoms with van der Waals surface area (Å²) >= 11 is 0. The molecule has 0 aliphatic carbocycles. The van der Waals surface area contributed by atoms with E-state index >= 15 is 0 Å². The minimum atomic E-state index is -1.32. The van der Waals surface area contributed by atoms with Gasteiger partial charge in [0.25, 0.3) is 5.91 Å². The Bertz CT molecular complexity index is 1160. The molecule has 3 aliphatic heterocycles. The van der Waals surface area contributed by atoms with Crippen LogP contribution < -0.4 is 21.1 Å². The largest absolute Gasteiger partial charge is 0.496 e. The molecule has 4 amide bonds. The second kappa shape index (κ2) is 7.16. The van der Waals surface area contributed by atoms with Crippen LogP contribution in [-0.2, 0) is 31.3 Å². The van der Waals surface area contributed by atoms with Crippen molar-refractivity contribution in [1.29, 1.82) is 0 Å². The molecule has 0 saturated carbocycles. The monoisotopic (exact) mass is 435 g/mol. The highest BCUT2D eigenvalue weighted by atomic mass is 16.5. The molecule has 4 atom stereocenters. The number of carbonyl (C=O) groups is 4. The number of imide groups is 1. The number of para-hydroxylation sites is 2. The average molecular weight is 435 g/mol. The molecule has 0 aromatic heterocycles. The number of nitrogens with two attached hydrogens (primary N) is 2. The summed E-state index contributed by atoms with van der Waals surface area (Å²) in [5, 5.41) is 4.55. The number of quaternary nitrogens is 1. The van der Waals surface area contributed by atoms with E-state index < -0.39 is 41.1 Å². The first-order valence-electron chi connectivity index (χ1n) is 10.4. The summed E-state index contributed by atoms with van der Waals surface area (Å²) in [5.74, 6) is -2.98. The van der Waals surface area contributed by atoms with Gasteiger partial charge in [-0.2, -0.15) is 0 Å². The van der Waals surface area contributed by atoms with Crippen LogP contribution in [0.4, 0.5) is 5.69 Å². The summed E-state index contributed by atoms with van der Waals surface area (Å²) in [4.78, 5) is 53.5. The number of methoxy groups -OCH3 is 1. The van der Waals surface area contributed by atoms with Gasteiger partial charge < -0.3 is 21.1 Å². The molecular formula is C23H23N4O5+. The highest BCUT2D eigenvalue weighted by Crippen LogP contribution is 2.49. The van der Waals surface area contributed by atoms with E-state index in [-0.39, 0.29) is 18.9 Å². The Hall–Kier alpha value is -3.72. The van der Waals surface area contributed by atoms with E-state index in [1.807, 2.05) is 0 Å². The van der Waals surface area contributed by atoms with E-state index in [0.29, 0.717) is 22.6 Å². The van der Waals surface area contributed by atoms with Gasteiger partial charge in [-0.1, -0.05) is 36.4 Å². The van der Waals surface area contributed by atoms with Crippen molar-refractivity contribution in [2.24, 2.45) is 17.6 Å². The van der Waals surface area contributed by atoms with E-state index in [4.69, 9.17) is 10.5 Å². The number of nitrogens with one attached hydrogen (secondary N) is 1. The molecule has 1 spiro atoms. The Labute approximate surface area is 183 Å². The van der Waals surface area contributed by atoms with E-state index in [1.165, 1.54) is 12.0 Å². The smallest absolute Gasteiger partial charge is 0.291 e. The molecule has 164 valence electrons. The number of ether oxygens (including phenoxy) is 1. The number of amides is 4. The van der Waals surface area contributed by atoms with Crippen LogP contribution in [0.2, 0.25) is 0 Å². The van der Waals surface area contributed by atoms with Crippen molar-refractivity contribution in [3.05, 3.63) is 59.7 Å². The number of hydrogen-bond donors (Lipinski definition) is 3. The van der Waals surface area contributed by atoms with Gasteiger partial charge in [0.1, 0.15) is 23.6 Å². The third-order valence-electron chi connectivity index (χ3n) is 6.83. The molecule has 0 radical (unpaired) electrons. The zero-order valence-corrected chi connectivity index (χ0v) is 17.4. The van der Waals surface area contributed by atoms with Gasteiger partial charge in [-0.15, -0.1) is 0 Å². The van der Waals surface area contributed by atoms with E-state index in [1.54, 1.807) is 53.8 Å². The minimum absolute atomic E-state index is 0.0251. The van der Waals surface area contributed by atoms with Crippen LogP contribution in [0.5, 0.6) is 5.75 Å². The molecule has 32 heavy (non-hydrogen) atoms. The summed E-state index contributed by atoms with van der Waals surface area (Å²) in [6.07, 6.45) is -0.111. The van der Waals surface area contributed by atoms with Crippen LogP contribution in [0.3, 0.4) is 0 Å². The van der Waals surface area contributed by atoms with Crippen LogP contribution in [0, 0.1) is 11.8 Å². The number of anilines is 1. The summed E-state index contributed by atoms with van der Waals surface area (Å²) in [5.41, 5.74) is 6.08. The molecule has 9 heteroatoms. The summed E-state index contributed by atoms with van der Waals surface area (Å²) in [6, 6.07) is 13.7. The van der Waals surface area contributed by atoms with Gasteiger partial charge in [0.15, 0.2) is 0 Å². The Balaban J connectivity index is 1.60. The molecule has 2 fully saturated rings. The first-order valence-corrected chi connectivity index (χ1v) is 10.4. The molecule has 2 aromatic rings. The lowest BCUT2D eigenvalue weighted by molar-refractivity contribution is -0.732. The average Bonchev–Trinajstić information content (AvgIpc) is 3.34. The standard InChI is InChI=1S/C23H22N4O5/c1-32-16-9-5-2-6-12(16)11-27-20(29)18-15(10-17(24)28)26-23(19(18)21(27)30)13-7-3-4-8-14(13)25-22(23)31/h2-9,15,18-19,26H,10-11H2,1H3,(H2,24,28)(H,25,31)/p+1/t15-,18+,19-,23-/m1/s1. The molecular weight excluding hydrogens is 412 g/mol. The topological polar surface area (TPSA) is 135 Å². The van der Waals surface area contributed by atoms with E-state index in [2.05, 4.69) is 5.32 Å². The van der Waals surface area contributed by atoms with Gasteiger partial charge in [0.2, 0.25) is 23.3 Å². The zero-order valence-electron chi connectivity index (χ0n) is 17.4. The normalized spacial score (nSPS) is 28.1. The summed E-state index contributed by atoms with van der Waals surface area (Å²) in [7, 11) is 1.52. The number of likely N-dealkylation sites (tertiary alicyclic amines) is 1. The molecule has 3 aliphatic rings. The maximum atomic E-state index is 13.7. The summed E-state index contributed by atoms with van der Waals surface area (Å²) < 4.78 is 5.37. The Kier molecular flexibility index (Phi) is 4.52. The lowest BCUT2D eigenvalue weighted by Gasteiger charge is -2.26. The van der Waals surface area contributed by atoms with Crippen molar-refractivity contribution in [3.63, 3.8) is 0 Å². The lowest BCUT2D eigenvalue weighted by atomic mass is 9.76. The number of rotatable bonds is 5. The van der Waals surface area contributed by atoms with E-state index in [9.17, 15) is 19.2 Å². The van der Waals surface area contributed by atoms with Gasteiger partial charge in [-0.3, -0.25) is 24.1 Å². The molecule has 0 bridgehead atoms. The number of benzene rings is 2. The molecule has 2 saturated heterocycles. The molecule has 3 heterocycles. The first-order chi connectivity index (χ1) is 15.4. The predicted molar refractivity (Wildman–Crippen MR) is 112 cm³/mol. The van der Waals surface area contributed by atoms with Crippen LogP contribution in [0.15, 0.2) is 48.5 Å². The fraction of sp³-hybridized carbons (Fsp3) is 0.304. The fourth-order valence-corrected chi connectivity index (χ4v) is 5.56. The number of fused-ring (bicyclic) bond motifs is 4. The molecule has 9 nitrogen and oxygen atoms in total. The van der Waals surface area contributed by atoms with Crippen molar-refractivity contribution in [2.45, 2.75) is 24.5 Å². The molecule has 0 unspecified atom stereocenters.